The molecule has 9 heteroatoms. The summed E-state index contributed by atoms with van der Waals surface area (Å²) < 4.78 is 6.94. The molecule has 0 bridgehead atoms. The number of anilines is 2. The van der Waals surface area contributed by atoms with Crippen molar-refractivity contribution in [1.82, 2.24) is 19.8 Å². The molecule has 4 rings (SSSR count). The number of carbonyl (C=O) groups excluding carboxylic acids is 2. The molecule has 4 heterocycles. The van der Waals surface area contributed by atoms with Crippen molar-refractivity contribution in [2.45, 2.75) is 12.8 Å². The van der Waals surface area contributed by atoms with Crippen molar-refractivity contribution in [3.05, 3.63) is 47.1 Å². The number of nitrogens with zero attached hydrogens (tertiary/aromatic N) is 5. The third-order valence-corrected chi connectivity index (χ3v) is 4.92. The van der Waals surface area contributed by atoms with Crippen molar-refractivity contribution in [1.29, 1.82) is 0 Å². The van der Waals surface area contributed by atoms with Crippen molar-refractivity contribution in [3.8, 4) is 5.75 Å². The van der Waals surface area contributed by atoms with Crippen molar-refractivity contribution in [2.75, 3.05) is 38.2 Å². The first kappa shape index (κ1) is 18.0. The molecule has 2 aromatic heterocycles. The van der Waals surface area contributed by atoms with Crippen molar-refractivity contribution in [3.63, 3.8) is 0 Å². The van der Waals surface area contributed by atoms with E-state index >= 15 is 0 Å². The second-order valence-corrected chi connectivity index (χ2v) is 6.71. The van der Waals surface area contributed by atoms with Crippen LogP contribution in [-0.2, 0) is 0 Å². The van der Waals surface area contributed by atoms with Crippen LogP contribution in [0.15, 0.2) is 30.6 Å². The monoisotopic (exact) mass is 381 g/mol. The molecule has 0 saturated carbocycles. The Morgan fingerprint density at radius 2 is 2.04 bits per heavy atom. The van der Waals surface area contributed by atoms with Gasteiger partial charge in [-0.2, -0.15) is 0 Å². The number of amides is 2. The van der Waals surface area contributed by atoms with E-state index in [1.54, 1.807) is 23.2 Å². The number of hydrogen-bond acceptors (Lipinski definition) is 5. The highest BCUT2D eigenvalue weighted by molar-refractivity contribution is 5.95. The minimum atomic E-state index is -0.434. The van der Waals surface area contributed by atoms with E-state index in [1.165, 1.54) is 19.3 Å². The van der Waals surface area contributed by atoms with Gasteiger partial charge in [0.25, 0.3) is 5.91 Å². The smallest absolute Gasteiger partial charge is 0.255 e. The average molecular weight is 381 g/mol. The summed E-state index contributed by atoms with van der Waals surface area (Å²) in [5.74, 6) is 1.08. The lowest BCUT2D eigenvalue weighted by Gasteiger charge is -2.31. The van der Waals surface area contributed by atoms with Gasteiger partial charge in [-0.05, 0) is 31.0 Å². The molecule has 2 amide bonds. The zero-order chi connectivity index (χ0) is 19.7. The van der Waals surface area contributed by atoms with E-state index in [0.29, 0.717) is 36.0 Å². The largest absolute Gasteiger partial charge is 0.490 e. The Morgan fingerprint density at radius 1 is 1.21 bits per heavy atom. The van der Waals surface area contributed by atoms with E-state index < -0.39 is 6.03 Å². The third kappa shape index (κ3) is 3.19. The first-order chi connectivity index (χ1) is 13.6. The van der Waals surface area contributed by atoms with Gasteiger partial charge in [-0.25, -0.2) is 4.98 Å². The van der Waals surface area contributed by atoms with Crippen LogP contribution in [0.3, 0.4) is 0 Å². The second kappa shape index (κ2) is 7.34. The summed E-state index contributed by atoms with van der Waals surface area (Å²) in [6.07, 6.45) is 4.84. The van der Waals surface area contributed by atoms with Crippen molar-refractivity contribution >= 4 is 23.4 Å². The predicted octanol–water partition coefficient (Wildman–Crippen LogP) is 1.31. The minimum Gasteiger partial charge on any atom is -0.490 e. The van der Waals surface area contributed by atoms with E-state index in [0.717, 1.165) is 30.5 Å². The molecule has 1 fully saturated rings. The molecule has 2 aromatic rings. The van der Waals surface area contributed by atoms with Gasteiger partial charge in [-0.1, -0.05) is 11.7 Å². The zero-order valence-electron chi connectivity index (χ0n) is 15.6. The van der Waals surface area contributed by atoms with Gasteiger partial charge in [0.1, 0.15) is 0 Å². The summed E-state index contributed by atoms with van der Waals surface area (Å²) in [6, 6.07) is 4.53. The average Bonchev–Trinajstić information content (AvgIpc) is 2.87. The summed E-state index contributed by atoms with van der Waals surface area (Å²) in [5, 5.41) is 12.7. The Labute approximate surface area is 162 Å². The number of likely N-dealkylation sites (tertiary alicyclic amines) is 1. The SMILES string of the molecule is CNC(=O)n1ccc(N2CCCOc3cc(C(=O)N4CCC4)cnc32)cc1=[N-]. The second-order valence-electron chi connectivity index (χ2n) is 6.71. The molecule has 146 valence electrons. The topological polar surface area (TPSA) is 102 Å². The van der Waals surface area contributed by atoms with E-state index in [2.05, 4.69) is 10.3 Å². The van der Waals surface area contributed by atoms with Gasteiger partial charge >= 0.3 is 0 Å². The summed E-state index contributed by atoms with van der Waals surface area (Å²) >= 11 is 0. The molecule has 0 aliphatic carbocycles. The first-order valence-electron chi connectivity index (χ1n) is 9.25. The normalized spacial score (nSPS) is 15.8. The van der Waals surface area contributed by atoms with Crippen LogP contribution in [0.2, 0.25) is 0 Å². The zero-order valence-corrected chi connectivity index (χ0v) is 15.6. The summed E-state index contributed by atoms with van der Waals surface area (Å²) in [5.41, 5.74) is 1.00. The predicted molar refractivity (Wildman–Crippen MR) is 103 cm³/mol. The van der Waals surface area contributed by atoms with Crippen LogP contribution in [0.25, 0.3) is 5.41 Å². The van der Waals surface area contributed by atoms with Gasteiger partial charge in [-0.3, -0.25) is 9.59 Å². The fraction of sp³-hybridized carbons (Fsp3) is 0.368. The fourth-order valence-corrected chi connectivity index (χ4v) is 3.26. The van der Waals surface area contributed by atoms with Crippen molar-refractivity contribution in [2.24, 2.45) is 0 Å². The van der Waals surface area contributed by atoms with Crippen LogP contribution in [-0.4, -0.2) is 59.7 Å². The Hall–Kier alpha value is -3.36. The maximum atomic E-state index is 12.5. The number of rotatable bonds is 2. The molecule has 1 saturated heterocycles. The van der Waals surface area contributed by atoms with E-state index in [1.807, 2.05) is 4.90 Å². The standard InChI is InChI=1S/C19H21N6O3/c1-21-19(27)25-8-4-14(11-16(25)20)24-7-3-9-28-15-10-13(12-22-17(15)24)18(26)23-5-2-6-23/h4,8,10-12H,2-3,5-7,9H2,1H3,(H,21,27)/q-1. The maximum Gasteiger partial charge on any atom is 0.255 e. The maximum absolute atomic E-state index is 12.5. The Bertz CT molecular complexity index is 982. The molecular weight excluding hydrogens is 360 g/mol. The van der Waals surface area contributed by atoms with Gasteiger partial charge in [0.05, 0.1) is 12.2 Å². The number of pyridine rings is 2. The molecule has 2 aliphatic heterocycles. The van der Waals surface area contributed by atoms with Crippen molar-refractivity contribution < 1.29 is 14.3 Å². The lowest BCUT2D eigenvalue weighted by Crippen LogP contribution is -2.42. The summed E-state index contributed by atoms with van der Waals surface area (Å²) in [4.78, 5) is 32.4. The van der Waals surface area contributed by atoms with Gasteiger partial charge in [-0.15, -0.1) is 0 Å². The quantitative estimate of drug-likeness (QED) is 0.845. The summed E-state index contributed by atoms with van der Waals surface area (Å²) in [6.45, 7) is 2.68. The highest BCUT2D eigenvalue weighted by Gasteiger charge is 2.25. The molecule has 28 heavy (non-hydrogen) atoms. The first-order valence-corrected chi connectivity index (χ1v) is 9.25. The number of aromatic nitrogens is 2. The van der Waals surface area contributed by atoms with Crippen LogP contribution in [0.5, 0.6) is 5.75 Å². The number of ether oxygens (including phenoxy) is 1. The van der Waals surface area contributed by atoms with E-state index in [9.17, 15) is 15.0 Å². The molecule has 0 unspecified atom stereocenters. The van der Waals surface area contributed by atoms with Crippen LogP contribution in [0, 0.1) is 0 Å². The van der Waals surface area contributed by atoms with Gasteiger partial charge in [0.2, 0.25) is 6.03 Å². The lowest BCUT2D eigenvalue weighted by molar-refractivity contribution is 0.0651. The Kier molecular flexibility index (Phi) is 4.72. The van der Waals surface area contributed by atoms with Gasteiger partial charge in [0, 0.05) is 38.6 Å². The van der Waals surface area contributed by atoms with E-state index in [-0.39, 0.29) is 11.4 Å². The molecule has 0 radical (unpaired) electrons. The minimum absolute atomic E-state index is 0.0371. The highest BCUT2D eigenvalue weighted by atomic mass is 16.5. The Balaban J connectivity index is 1.68. The number of hydrogen-bond donors (Lipinski definition) is 1. The van der Waals surface area contributed by atoms with Crippen LogP contribution in [0.1, 0.15) is 23.2 Å². The number of nitrogens with one attached hydrogen (secondary N) is 1. The third-order valence-electron chi connectivity index (χ3n) is 4.92. The highest BCUT2D eigenvalue weighted by Crippen LogP contribution is 2.34. The summed E-state index contributed by atoms with van der Waals surface area (Å²) in [7, 11) is 1.49. The van der Waals surface area contributed by atoms with E-state index in [4.69, 9.17) is 4.74 Å². The number of fused-ring (bicyclic) bond motifs is 1. The number of carbonyl (C=O) groups is 2. The van der Waals surface area contributed by atoms with Gasteiger partial charge in [0.15, 0.2) is 11.6 Å². The molecule has 2 aliphatic rings. The molecular formula is C19H21N6O3-. The molecule has 1 N–H and O–H groups in total. The lowest BCUT2D eigenvalue weighted by atomic mass is 10.1. The molecule has 9 nitrogen and oxygen atoms in total. The van der Waals surface area contributed by atoms with Crippen LogP contribution >= 0.6 is 0 Å². The molecule has 0 aromatic carbocycles. The fourth-order valence-electron chi connectivity index (χ4n) is 3.26. The molecule has 0 atom stereocenters. The molecule has 0 spiro atoms. The van der Waals surface area contributed by atoms with Gasteiger partial charge < -0.3 is 29.8 Å². The Morgan fingerprint density at radius 3 is 2.71 bits per heavy atom. The van der Waals surface area contributed by atoms with Crippen LogP contribution < -0.4 is 20.4 Å². The van der Waals surface area contributed by atoms with Crippen LogP contribution in [0.4, 0.5) is 16.3 Å².